The van der Waals surface area contributed by atoms with Crippen molar-refractivity contribution < 1.29 is 4.74 Å². The Kier molecular flexibility index (Phi) is 3.04. The first-order chi connectivity index (χ1) is 6.74. The maximum Gasteiger partial charge on any atom is 0.120 e. The molecular formula is C10H9BrOS2. The topological polar surface area (TPSA) is 9.23 Å². The van der Waals surface area contributed by atoms with Gasteiger partial charge in [0.2, 0.25) is 0 Å². The smallest absolute Gasteiger partial charge is 0.120 e. The van der Waals surface area contributed by atoms with E-state index in [-0.39, 0.29) is 0 Å². The van der Waals surface area contributed by atoms with Crippen molar-refractivity contribution in [1.82, 2.24) is 0 Å². The summed E-state index contributed by atoms with van der Waals surface area (Å²) in [6.45, 7) is 0. The molecular weight excluding hydrogens is 280 g/mol. The lowest BCUT2D eigenvalue weighted by atomic mass is 10.2. The fourth-order valence-electron chi connectivity index (χ4n) is 1.28. The summed E-state index contributed by atoms with van der Waals surface area (Å²) < 4.78 is 8.94. The summed E-state index contributed by atoms with van der Waals surface area (Å²) in [6, 6.07) is 6.26. The van der Waals surface area contributed by atoms with Gasteiger partial charge in [0.15, 0.2) is 0 Å². The van der Waals surface area contributed by atoms with E-state index in [1.165, 1.54) is 14.3 Å². The van der Waals surface area contributed by atoms with Crippen LogP contribution in [-0.4, -0.2) is 13.4 Å². The van der Waals surface area contributed by atoms with Gasteiger partial charge in [0.05, 0.1) is 11.3 Å². The van der Waals surface area contributed by atoms with Crippen LogP contribution >= 0.6 is 39.0 Å². The van der Waals surface area contributed by atoms with Gasteiger partial charge in [-0.2, -0.15) is 0 Å². The van der Waals surface area contributed by atoms with Gasteiger partial charge >= 0.3 is 0 Å². The SMILES string of the molecule is COc1cc(Br)c2sc(SC)cc2c1. The Morgan fingerprint density at radius 1 is 1.36 bits per heavy atom. The Morgan fingerprint density at radius 2 is 2.14 bits per heavy atom. The molecule has 1 aromatic carbocycles. The maximum atomic E-state index is 5.21. The first-order valence-electron chi connectivity index (χ1n) is 4.05. The Labute approximate surface area is 99.6 Å². The zero-order valence-electron chi connectivity index (χ0n) is 7.83. The van der Waals surface area contributed by atoms with Crippen molar-refractivity contribution in [2.24, 2.45) is 0 Å². The number of fused-ring (bicyclic) bond motifs is 1. The normalized spacial score (nSPS) is 10.8. The van der Waals surface area contributed by atoms with Crippen LogP contribution in [0, 0.1) is 0 Å². The van der Waals surface area contributed by atoms with Crippen LogP contribution in [0.15, 0.2) is 26.9 Å². The van der Waals surface area contributed by atoms with E-state index in [1.54, 1.807) is 30.2 Å². The fraction of sp³-hybridized carbons (Fsp3) is 0.200. The van der Waals surface area contributed by atoms with Gasteiger partial charge in [-0.05, 0) is 45.8 Å². The van der Waals surface area contributed by atoms with Gasteiger partial charge in [-0.15, -0.1) is 23.1 Å². The lowest BCUT2D eigenvalue weighted by Crippen LogP contribution is -1.81. The summed E-state index contributed by atoms with van der Waals surface area (Å²) in [4.78, 5) is 0. The van der Waals surface area contributed by atoms with Crippen LogP contribution in [0.25, 0.3) is 10.1 Å². The van der Waals surface area contributed by atoms with Crippen molar-refractivity contribution in [2.45, 2.75) is 4.21 Å². The van der Waals surface area contributed by atoms with E-state index in [4.69, 9.17) is 4.74 Å². The summed E-state index contributed by atoms with van der Waals surface area (Å²) in [5.41, 5.74) is 0. The van der Waals surface area contributed by atoms with Gasteiger partial charge in [-0.25, -0.2) is 0 Å². The molecule has 74 valence electrons. The molecule has 4 heteroatoms. The van der Waals surface area contributed by atoms with E-state index in [1.807, 2.05) is 6.07 Å². The zero-order valence-corrected chi connectivity index (χ0v) is 11.1. The van der Waals surface area contributed by atoms with Gasteiger partial charge < -0.3 is 4.74 Å². The minimum absolute atomic E-state index is 0.898. The monoisotopic (exact) mass is 288 g/mol. The third-order valence-corrected chi connectivity index (χ3v) is 5.10. The minimum Gasteiger partial charge on any atom is -0.497 e. The van der Waals surface area contributed by atoms with Crippen LogP contribution in [0.5, 0.6) is 5.75 Å². The molecule has 0 N–H and O–H groups in total. The molecule has 0 radical (unpaired) electrons. The molecule has 1 heterocycles. The van der Waals surface area contributed by atoms with E-state index in [9.17, 15) is 0 Å². The predicted molar refractivity (Wildman–Crippen MR) is 67.9 cm³/mol. The van der Waals surface area contributed by atoms with Crippen molar-refractivity contribution in [2.75, 3.05) is 13.4 Å². The highest BCUT2D eigenvalue weighted by atomic mass is 79.9. The van der Waals surface area contributed by atoms with E-state index in [0.717, 1.165) is 10.2 Å². The molecule has 0 spiro atoms. The molecule has 0 aliphatic carbocycles. The Bertz CT molecular complexity index is 464. The molecule has 1 aromatic heterocycles. The molecule has 1 nitrogen and oxygen atoms in total. The standard InChI is InChI=1S/C10H9BrOS2/c1-12-7-3-6-4-9(13-2)14-10(6)8(11)5-7/h3-5H,1-2H3. The second-order valence-corrected chi connectivity index (χ2v) is 5.81. The van der Waals surface area contributed by atoms with Crippen molar-refractivity contribution in [3.63, 3.8) is 0 Å². The molecule has 0 unspecified atom stereocenters. The first kappa shape index (κ1) is 10.3. The van der Waals surface area contributed by atoms with Crippen LogP contribution < -0.4 is 4.74 Å². The highest BCUT2D eigenvalue weighted by molar-refractivity contribution is 9.10. The van der Waals surface area contributed by atoms with Crippen LogP contribution in [0.2, 0.25) is 0 Å². The molecule has 2 aromatic rings. The summed E-state index contributed by atoms with van der Waals surface area (Å²) in [5, 5.41) is 1.24. The largest absolute Gasteiger partial charge is 0.497 e. The van der Waals surface area contributed by atoms with Gasteiger partial charge in [0.25, 0.3) is 0 Å². The quantitative estimate of drug-likeness (QED) is 0.758. The zero-order chi connectivity index (χ0) is 10.1. The number of ether oxygens (including phenoxy) is 1. The number of thioether (sulfide) groups is 1. The molecule has 0 bridgehead atoms. The molecule has 0 fully saturated rings. The molecule has 0 amide bonds. The second-order valence-electron chi connectivity index (χ2n) is 2.80. The summed E-state index contributed by atoms with van der Waals surface area (Å²) in [7, 11) is 1.69. The van der Waals surface area contributed by atoms with Crippen LogP contribution in [0.1, 0.15) is 0 Å². The predicted octanol–water partition coefficient (Wildman–Crippen LogP) is 4.39. The summed E-state index contributed by atoms with van der Waals surface area (Å²) >= 11 is 7.13. The summed E-state index contributed by atoms with van der Waals surface area (Å²) in [6.07, 6.45) is 2.09. The molecule has 0 aliphatic rings. The van der Waals surface area contributed by atoms with Gasteiger partial charge in [0.1, 0.15) is 5.75 Å². The number of methoxy groups -OCH3 is 1. The third-order valence-electron chi connectivity index (χ3n) is 1.96. The lowest BCUT2D eigenvalue weighted by Gasteiger charge is -2.00. The number of thiophene rings is 1. The van der Waals surface area contributed by atoms with E-state index < -0.39 is 0 Å². The number of hydrogen-bond donors (Lipinski definition) is 0. The van der Waals surface area contributed by atoms with Crippen molar-refractivity contribution in [3.05, 3.63) is 22.7 Å². The number of rotatable bonds is 2. The molecule has 14 heavy (non-hydrogen) atoms. The molecule has 0 saturated carbocycles. The molecule has 2 rings (SSSR count). The van der Waals surface area contributed by atoms with Gasteiger partial charge in [-0.3, -0.25) is 0 Å². The Hall–Kier alpha value is -0.190. The Balaban J connectivity index is 2.67. The maximum absolute atomic E-state index is 5.21. The number of halogens is 1. The minimum atomic E-state index is 0.898. The van der Waals surface area contributed by atoms with Crippen LogP contribution in [-0.2, 0) is 0 Å². The molecule has 0 saturated heterocycles. The fourth-order valence-corrected chi connectivity index (χ4v) is 3.58. The average Bonchev–Trinajstić information content (AvgIpc) is 2.61. The van der Waals surface area contributed by atoms with Gasteiger partial charge in [-0.1, -0.05) is 0 Å². The Morgan fingerprint density at radius 3 is 2.79 bits per heavy atom. The molecule has 0 atom stereocenters. The van der Waals surface area contributed by atoms with E-state index in [2.05, 4.69) is 34.3 Å². The first-order valence-corrected chi connectivity index (χ1v) is 6.89. The average molecular weight is 289 g/mol. The van der Waals surface area contributed by atoms with Crippen LogP contribution in [0.3, 0.4) is 0 Å². The summed E-state index contributed by atoms with van der Waals surface area (Å²) in [5.74, 6) is 0.898. The van der Waals surface area contributed by atoms with Crippen molar-refractivity contribution in [3.8, 4) is 5.75 Å². The third kappa shape index (κ3) is 1.78. The highest BCUT2D eigenvalue weighted by Crippen LogP contribution is 2.38. The van der Waals surface area contributed by atoms with Gasteiger partial charge in [0, 0.05) is 9.17 Å². The van der Waals surface area contributed by atoms with Crippen molar-refractivity contribution >= 4 is 49.1 Å². The second kappa shape index (κ2) is 4.13. The molecule has 0 aliphatic heterocycles. The van der Waals surface area contributed by atoms with Crippen molar-refractivity contribution in [1.29, 1.82) is 0 Å². The highest BCUT2D eigenvalue weighted by Gasteiger charge is 2.06. The van der Waals surface area contributed by atoms with Crippen LogP contribution in [0.4, 0.5) is 0 Å². The lowest BCUT2D eigenvalue weighted by molar-refractivity contribution is 0.415. The number of hydrogen-bond acceptors (Lipinski definition) is 3. The number of benzene rings is 1. The van der Waals surface area contributed by atoms with E-state index in [0.29, 0.717) is 0 Å². The van der Waals surface area contributed by atoms with E-state index >= 15 is 0 Å².